The van der Waals surface area contributed by atoms with Crippen LogP contribution in [0.25, 0.3) is 0 Å². The van der Waals surface area contributed by atoms with Crippen LogP contribution in [0.4, 0.5) is 26.3 Å². The summed E-state index contributed by atoms with van der Waals surface area (Å²) in [4.78, 5) is 11.3. The number of methoxy groups -OCH3 is 2. The summed E-state index contributed by atoms with van der Waals surface area (Å²) in [7, 11) is 0.570. The van der Waals surface area contributed by atoms with Crippen molar-refractivity contribution in [3.05, 3.63) is 35.9 Å². The van der Waals surface area contributed by atoms with Crippen molar-refractivity contribution >= 4 is 15.8 Å². The lowest BCUT2D eigenvalue weighted by molar-refractivity contribution is -0.373. The molecule has 39 aliphatic rings. The Hall–Kier alpha value is -2.70. The molecule has 39 aliphatic carbocycles. The van der Waals surface area contributed by atoms with E-state index in [0.717, 1.165) is 180 Å². The highest BCUT2D eigenvalue weighted by molar-refractivity contribution is 7.92. The van der Waals surface area contributed by atoms with Crippen LogP contribution in [0.5, 0.6) is 0 Å². The fourth-order valence-corrected chi connectivity index (χ4v) is 38.0. The van der Waals surface area contributed by atoms with Gasteiger partial charge in [0.05, 0.1) is 28.3 Å². The van der Waals surface area contributed by atoms with Crippen LogP contribution in [-0.2, 0) is 29.5 Å². The minimum atomic E-state index is -3.94. The number of carbonyl (C=O) groups excluding carboxylic acids is 1. The van der Waals surface area contributed by atoms with Gasteiger partial charge in [0.2, 0.25) is 6.43 Å². The van der Waals surface area contributed by atoms with Crippen molar-refractivity contribution in [1.29, 1.82) is 0 Å². The fourth-order valence-electron chi connectivity index (χ4n) is 36.4. The van der Waals surface area contributed by atoms with Crippen LogP contribution in [-0.4, -0.2) is 63.5 Å². The zero-order valence-electron chi connectivity index (χ0n) is 92.7. The smallest absolute Gasteiger partial charge is 0.394 e. The number of benzene rings is 1. The van der Waals surface area contributed by atoms with E-state index >= 15 is 0 Å². The summed E-state index contributed by atoms with van der Waals surface area (Å²) in [6.45, 7) is 66.6. The highest BCUT2D eigenvalue weighted by Crippen LogP contribution is 2.85. The van der Waals surface area contributed by atoms with Crippen LogP contribution >= 0.6 is 0 Å². The molecule has 0 amide bonds. The van der Waals surface area contributed by atoms with E-state index in [1.807, 2.05) is 21.0 Å². The lowest BCUT2D eigenvalue weighted by Crippen LogP contribution is -2.72. The van der Waals surface area contributed by atoms with Gasteiger partial charge in [-0.1, -0.05) is 249 Å². The Kier molecular flexibility index (Phi) is 26.8. The maximum atomic E-state index is 12.9. The minimum Gasteiger partial charge on any atom is -0.469 e. The third kappa shape index (κ3) is 16.8. The van der Waals surface area contributed by atoms with Crippen molar-refractivity contribution in [3.63, 3.8) is 0 Å². The molecule has 0 N–H and O–H groups in total. The standard InChI is InChI=1S/C14H18.C10H16O2.C10H18.2C10H14.C9H13F3.C9H14F2.C9H16O2S.C9H16O.2C9H16.C8H13F.C8H14/c1-11(2)13-8-14(9-13,10-13)12-6-4-3-5-7-12;1-7(2)9-4-10(5-9,6-9)8(11)12-3;3*1-4-9-5-10(6-9,7-9)8(2)3;1-6(2)7-3-8(4-7,5-7)9(10,11)12;1-6(2)8-3-9(4-8,5-8)7(10)11;1-7(2)8-4-9(5-8,6-8)12(3,10)11;1-7(2)8-4-9(5-8,6-8)10-3;2*1-7(2)9-4-8(3,5-9)6-9;1-6(2)7-3-8(9,4-7)5-7;1-6(2)8-3-7(4-8)5-8/h3-7,11H,8-10H2,1-2H3;7H,4-6H2,1-3H3;8H,4-7H2,1-3H3;2*1,8H,5-7H2,2-3H3;6H,3-5H2,1-2H3;6-7H,3-5H2,1-2H3;7H,4-6H2,1-3H3;7H,4-6H2,1-3H3;2*7H,4-6H2,1-3H3;6H,3-5H2,1-2H3;6-7H,3-5H2,1-2H3. The molecule has 0 aromatic heterocycles. The van der Waals surface area contributed by atoms with Crippen LogP contribution in [0.1, 0.15) is 463 Å². The molecule has 0 unspecified atom stereocenters. The van der Waals surface area contributed by atoms with E-state index in [-0.39, 0.29) is 21.5 Å². The van der Waals surface area contributed by atoms with Crippen molar-refractivity contribution in [2.24, 2.45) is 197 Å². The summed E-state index contributed by atoms with van der Waals surface area (Å²) in [5.41, 5.74) is 11.2. The van der Waals surface area contributed by atoms with Gasteiger partial charge < -0.3 is 9.47 Å². The summed E-state index contributed by atoms with van der Waals surface area (Å²) in [6.07, 6.45) is 54.4. The molecule has 12 heteroatoms. The van der Waals surface area contributed by atoms with Gasteiger partial charge in [-0.3, -0.25) is 4.79 Å². The molecule has 0 atom stereocenters. The van der Waals surface area contributed by atoms with E-state index in [0.29, 0.717) is 103 Å². The quantitative estimate of drug-likeness (QED) is 0.0784. The van der Waals surface area contributed by atoms with Gasteiger partial charge in [0.1, 0.15) is 5.67 Å². The second kappa shape index (κ2) is 33.9. The van der Waals surface area contributed by atoms with Crippen molar-refractivity contribution in [3.8, 4) is 24.7 Å². The van der Waals surface area contributed by atoms with Crippen LogP contribution in [0.2, 0.25) is 0 Å². The lowest BCUT2D eigenvalue weighted by Gasteiger charge is -2.73. The Bertz CT molecular complexity index is 4300. The summed E-state index contributed by atoms with van der Waals surface area (Å²) in [5.74, 6) is 17.4. The van der Waals surface area contributed by atoms with Gasteiger partial charge >= 0.3 is 12.1 Å². The average Bonchev–Trinajstić information content (AvgIpc) is 0.630. The Morgan fingerprint density at radius 2 is 0.654 bits per heavy atom. The molecule has 40 rings (SSSR count). The van der Waals surface area contributed by atoms with Crippen molar-refractivity contribution in [2.75, 3.05) is 20.5 Å². The first-order valence-corrected chi connectivity index (χ1v) is 58.1. The zero-order chi connectivity index (χ0) is 101. The molecule has 0 saturated heterocycles. The highest BCUT2D eigenvalue weighted by Gasteiger charge is 2.81. The molecular weight excluding hydrogens is 1720 g/mol. The summed E-state index contributed by atoms with van der Waals surface area (Å²) < 4.78 is 107. The van der Waals surface area contributed by atoms with E-state index in [2.05, 4.69) is 229 Å². The van der Waals surface area contributed by atoms with E-state index in [1.54, 1.807) is 44.1 Å². The summed E-state index contributed by atoms with van der Waals surface area (Å²) >= 11 is 0. The van der Waals surface area contributed by atoms with Gasteiger partial charge in [-0.05, 0) is 431 Å². The van der Waals surface area contributed by atoms with Gasteiger partial charge in [-0.2, -0.15) is 13.2 Å². The Morgan fingerprint density at radius 3 is 0.882 bits per heavy atom. The number of hydrogen-bond donors (Lipinski definition) is 0. The molecule has 1 aromatic carbocycles. The molecule has 5 nitrogen and oxygen atoms in total. The molecular formula is C124H198F6O5S. The van der Waals surface area contributed by atoms with E-state index in [9.17, 15) is 39.6 Å². The molecule has 0 aliphatic heterocycles. The Labute approximate surface area is 828 Å². The van der Waals surface area contributed by atoms with Crippen molar-refractivity contribution in [1.82, 2.24) is 0 Å². The molecule has 0 spiro atoms. The average molecular weight is 1910 g/mol. The number of alkyl halides is 6. The first kappa shape index (κ1) is 108. The third-order valence-corrected chi connectivity index (χ3v) is 51.0. The van der Waals surface area contributed by atoms with E-state index in [4.69, 9.17) is 22.3 Å². The normalized spacial score (nSPS) is 48.2. The SMILES string of the molecule is C#CC12CC(C(C)C)(C1)C2.C#CC12CC(C(C)C)(C1)C2.CC(C)C12CC(C(F)(F)F)(C1)C2.CC(C)C12CC(C(F)F)(C1)C2.CC(C)C12CC(C)(C1)C2.CC(C)C12CC(C)(C1)C2.CC(C)C12CC(C1)C2.CC(C)C12CC(F)(C1)C2.CC(C)C12CC(S(C)(=O)=O)(C1)C2.CC(C)C12CC(c3ccccc3)(C1)C2.CCC12CC(C(C)C)(C1)C2.COC(=O)C12CC(C(C)C)(C1)C2.COC12CC(C(C)C)(C1)C2. The first-order chi connectivity index (χ1) is 62.3. The van der Waals surface area contributed by atoms with Crippen LogP contribution < -0.4 is 0 Å². The largest absolute Gasteiger partial charge is 0.469 e. The molecule has 0 radical (unpaired) electrons. The molecule has 0 heterocycles. The van der Waals surface area contributed by atoms with Crippen LogP contribution in [0, 0.1) is 221 Å². The number of sulfone groups is 1. The van der Waals surface area contributed by atoms with E-state index in [1.165, 1.54) is 135 Å². The van der Waals surface area contributed by atoms with Gasteiger partial charge in [0, 0.05) is 29.6 Å². The molecule has 39 saturated carbocycles. The first-order valence-electron chi connectivity index (χ1n) is 56.2. The maximum absolute atomic E-state index is 12.9. The second-order valence-corrected chi connectivity index (χ2v) is 63.7. The number of ether oxygens (including phenoxy) is 2. The number of hydrogen-bond acceptors (Lipinski definition) is 5. The monoisotopic (exact) mass is 1910 g/mol. The van der Waals surface area contributed by atoms with Gasteiger partial charge in [0.15, 0.2) is 9.84 Å². The number of terminal acetylenes is 2. The number of halogens is 6. The van der Waals surface area contributed by atoms with Gasteiger partial charge in [-0.25, -0.2) is 21.6 Å². The Balaban J connectivity index is 0.000000112. The molecule has 26 bridgehead atoms. The van der Waals surface area contributed by atoms with Crippen LogP contribution in [0.15, 0.2) is 30.3 Å². The van der Waals surface area contributed by atoms with Crippen LogP contribution in [0.3, 0.4) is 0 Å². The maximum Gasteiger partial charge on any atom is 0.394 e. The predicted molar refractivity (Wildman–Crippen MR) is 550 cm³/mol. The predicted octanol–water partition coefficient (Wildman–Crippen LogP) is 34.8. The third-order valence-electron chi connectivity index (χ3n) is 49.0. The minimum absolute atomic E-state index is 0.0185. The van der Waals surface area contributed by atoms with Gasteiger partial charge in [-0.15, -0.1) is 12.8 Å². The van der Waals surface area contributed by atoms with Crippen molar-refractivity contribution in [2.45, 2.75) is 492 Å². The topological polar surface area (TPSA) is 69.7 Å². The summed E-state index contributed by atoms with van der Waals surface area (Å²) in [6, 6.07) is 11.1. The van der Waals surface area contributed by atoms with E-state index < -0.39 is 38.9 Å². The highest BCUT2D eigenvalue weighted by atomic mass is 32.2. The number of esters is 1. The number of carbonyl (C=O) groups is 1. The molecule has 772 valence electrons. The molecule has 1 aromatic rings. The Morgan fingerprint density at radius 1 is 0.382 bits per heavy atom. The second-order valence-electron chi connectivity index (χ2n) is 61.2. The summed E-state index contributed by atoms with van der Waals surface area (Å²) in [5, 5.41) is 0. The molecule has 39 fully saturated rings. The zero-order valence-corrected chi connectivity index (χ0v) is 93.5. The van der Waals surface area contributed by atoms with Gasteiger partial charge in [0.25, 0.3) is 0 Å². The fraction of sp³-hybridized carbons (Fsp3) is 0.911. The molecule has 136 heavy (non-hydrogen) atoms. The number of rotatable bonds is 19. The van der Waals surface area contributed by atoms with Crippen molar-refractivity contribution < 1.29 is 49.0 Å². The lowest BCUT2D eigenvalue weighted by atomic mass is 9.31.